The van der Waals surface area contributed by atoms with Crippen molar-refractivity contribution in [2.75, 3.05) is 0 Å². The van der Waals surface area contributed by atoms with Gasteiger partial charge in [-0.3, -0.25) is 5.10 Å². The fourth-order valence-electron chi connectivity index (χ4n) is 3.99. The zero-order chi connectivity index (χ0) is 23.7. The summed E-state index contributed by atoms with van der Waals surface area (Å²) < 4.78 is 11.7. The van der Waals surface area contributed by atoms with E-state index in [-0.39, 0.29) is 12.5 Å². The number of aromatic nitrogens is 2. The van der Waals surface area contributed by atoms with Crippen molar-refractivity contribution in [1.29, 1.82) is 5.26 Å². The molecule has 0 saturated heterocycles. The summed E-state index contributed by atoms with van der Waals surface area (Å²) >= 11 is 12.3. The smallest absolute Gasteiger partial charge is 0.244 e. The second-order valence-electron chi connectivity index (χ2n) is 7.71. The number of nitrogens with one attached hydrogen (secondary N) is 1. The van der Waals surface area contributed by atoms with Gasteiger partial charge >= 0.3 is 0 Å². The molecular weight excluding hydrogens is 471 g/mol. The van der Waals surface area contributed by atoms with Crippen LogP contribution >= 0.6 is 23.2 Å². The first kappa shape index (κ1) is 21.9. The highest BCUT2D eigenvalue weighted by molar-refractivity contribution is 6.35. The summed E-state index contributed by atoms with van der Waals surface area (Å²) in [6.45, 7) is 0.266. The average molecular weight is 489 g/mol. The van der Waals surface area contributed by atoms with Crippen LogP contribution in [0.25, 0.3) is 11.3 Å². The van der Waals surface area contributed by atoms with Gasteiger partial charge in [0.2, 0.25) is 11.8 Å². The molecule has 0 radical (unpaired) electrons. The maximum Gasteiger partial charge on any atom is 0.244 e. The maximum absolute atomic E-state index is 9.94. The minimum Gasteiger partial charge on any atom is -0.489 e. The van der Waals surface area contributed by atoms with E-state index in [9.17, 15) is 5.26 Å². The Morgan fingerprint density at radius 1 is 1.06 bits per heavy atom. The molecule has 6 nitrogen and oxygen atoms in total. The molecular formula is C26H18Cl2N4O2. The number of nitrogens with zero attached hydrogens (tertiary/aromatic N) is 2. The van der Waals surface area contributed by atoms with Gasteiger partial charge in [0.1, 0.15) is 24.0 Å². The van der Waals surface area contributed by atoms with Gasteiger partial charge in [-0.15, -0.1) is 5.10 Å². The molecule has 1 aliphatic rings. The normalized spacial score (nSPS) is 14.8. The van der Waals surface area contributed by atoms with Crippen molar-refractivity contribution in [3.8, 4) is 29.0 Å². The molecule has 2 heterocycles. The third-order valence-corrected chi connectivity index (χ3v) is 6.19. The number of hydrogen-bond donors (Lipinski definition) is 2. The lowest BCUT2D eigenvalue weighted by Gasteiger charge is -2.24. The second-order valence-corrected chi connectivity index (χ2v) is 8.55. The summed E-state index contributed by atoms with van der Waals surface area (Å²) in [6.07, 6.45) is 0. The Hall–Kier alpha value is -3.92. The van der Waals surface area contributed by atoms with Gasteiger partial charge in [0.15, 0.2) is 0 Å². The number of aromatic amines is 1. The molecule has 1 atom stereocenters. The molecule has 34 heavy (non-hydrogen) atoms. The standard InChI is InChI=1S/C26H18Cl2N4O2/c27-18-10-9-17(21(28)12-18)14-33-19-8-4-7-16(11-19)22-20(13-29)25(30)34-26-23(22)24(31-32-26)15-5-2-1-3-6-15/h1-12,22H,14,30H2,(H,31,32)/t22-/m1/s1. The van der Waals surface area contributed by atoms with Gasteiger partial charge in [-0.1, -0.05) is 71.7 Å². The minimum absolute atomic E-state index is 0.0328. The molecule has 0 saturated carbocycles. The monoisotopic (exact) mass is 488 g/mol. The topological polar surface area (TPSA) is 97.0 Å². The number of rotatable bonds is 5. The first-order valence-corrected chi connectivity index (χ1v) is 11.2. The Labute approximate surface area is 206 Å². The SMILES string of the molecule is N#CC1=C(N)Oc2n[nH]c(-c3ccccc3)c2[C@@H]1c1cccc(OCc2ccc(Cl)cc2Cl)c1. The molecule has 0 amide bonds. The average Bonchev–Trinajstić information content (AvgIpc) is 3.26. The molecule has 3 aromatic carbocycles. The fraction of sp³-hybridized carbons (Fsp3) is 0.0769. The summed E-state index contributed by atoms with van der Waals surface area (Å²) in [5.74, 6) is 0.521. The van der Waals surface area contributed by atoms with Crippen LogP contribution in [0.5, 0.6) is 11.6 Å². The van der Waals surface area contributed by atoms with E-state index >= 15 is 0 Å². The molecule has 5 rings (SSSR count). The van der Waals surface area contributed by atoms with Crippen LogP contribution in [0.2, 0.25) is 10.0 Å². The number of benzene rings is 3. The highest BCUT2D eigenvalue weighted by atomic mass is 35.5. The van der Waals surface area contributed by atoms with Crippen LogP contribution in [-0.2, 0) is 6.61 Å². The minimum atomic E-state index is -0.481. The lowest BCUT2D eigenvalue weighted by molar-refractivity contribution is 0.306. The van der Waals surface area contributed by atoms with Crippen molar-refractivity contribution in [2.45, 2.75) is 12.5 Å². The summed E-state index contributed by atoms with van der Waals surface area (Å²) in [6, 6.07) is 24.8. The van der Waals surface area contributed by atoms with Crippen molar-refractivity contribution in [3.63, 3.8) is 0 Å². The Morgan fingerprint density at radius 2 is 1.88 bits per heavy atom. The fourth-order valence-corrected chi connectivity index (χ4v) is 4.45. The number of allylic oxidation sites excluding steroid dienone is 1. The molecule has 0 aliphatic carbocycles. The molecule has 4 aromatic rings. The third kappa shape index (κ3) is 4.08. The lowest BCUT2D eigenvalue weighted by Crippen LogP contribution is -2.21. The van der Waals surface area contributed by atoms with Crippen LogP contribution < -0.4 is 15.2 Å². The number of hydrogen-bond acceptors (Lipinski definition) is 5. The van der Waals surface area contributed by atoms with E-state index in [1.54, 1.807) is 12.1 Å². The van der Waals surface area contributed by atoms with E-state index in [2.05, 4.69) is 16.3 Å². The zero-order valence-electron chi connectivity index (χ0n) is 17.8. The van der Waals surface area contributed by atoms with E-state index in [0.29, 0.717) is 27.2 Å². The van der Waals surface area contributed by atoms with E-state index < -0.39 is 5.92 Å². The number of H-pyrrole nitrogens is 1. The van der Waals surface area contributed by atoms with Gasteiger partial charge in [-0.25, -0.2) is 0 Å². The predicted octanol–water partition coefficient (Wildman–Crippen LogP) is 6.18. The Bertz CT molecular complexity index is 1440. The van der Waals surface area contributed by atoms with Crippen molar-refractivity contribution in [1.82, 2.24) is 10.2 Å². The van der Waals surface area contributed by atoms with Gasteiger partial charge in [0, 0.05) is 15.6 Å². The molecule has 168 valence electrons. The van der Waals surface area contributed by atoms with E-state index in [4.69, 9.17) is 38.4 Å². The van der Waals surface area contributed by atoms with Crippen LogP contribution in [0, 0.1) is 11.3 Å². The van der Waals surface area contributed by atoms with Gasteiger partial charge in [0.25, 0.3) is 0 Å². The van der Waals surface area contributed by atoms with Crippen LogP contribution in [0.4, 0.5) is 0 Å². The molecule has 0 bridgehead atoms. The number of fused-ring (bicyclic) bond motifs is 1. The molecule has 3 N–H and O–H groups in total. The molecule has 0 fully saturated rings. The zero-order valence-corrected chi connectivity index (χ0v) is 19.3. The number of halogens is 2. The molecule has 1 aliphatic heterocycles. The molecule has 0 unspecified atom stereocenters. The maximum atomic E-state index is 9.94. The van der Waals surface area contributed by atoms with Crippen LogP contribution in [0.1, 0.15) is 22.6 Å². The van der Waals surface area contributed by atoms with Crippen molar-refractivity contribution < 1.29 is 9.47 Å². The van der Waals surface area contributed by atoms with Crippen molar-refractivity contribution in [2.24, 2.45) is 5.73 Å². The Morgan fingerprint density at radius 3 is 2.65 bits per heavy atom. The largest absolute Gasteiger partial charge is 0.489 e. The summed E-state index contributed by atoms with van der Waals surface area (Å²) in [4.78, 5) is 0. The summed E-state index contributed by atoms with van der Waals surface area (Å²) in [5.41, 5.74) is 10.5. The first-order valence-electron chi connectivity index (χ1n) is 10.4. The summed E-state index contributed by atoms with van der Waals surface area (Å²) in [5, 5.41) is 18.4. The number of nitrogens with two attached hydrogens (primary N) is 1. The molecule has 0 spiro atoms. The quantitative estimate of drug-likeness (QED) is 0.349. The lowest BCUT2D eigenvalue weighted by atomic mass is 9.83. The third-order valence-electron chi connectivity index (χ3n) is 5.60. The highest BCUT2D eigenvalue weighted by Gasteiger charge is 2.35. The number of nitriles is 1. The van der Waals surface area contributed by atoms with Gasteiger partial charge in [0.05, 0.1) is 17.2 Å². The van der Waals surface area contributed by atoms with Crippen molar-refractivity contribution in [3.05, 3.63) is 111 Å². The van der Waals surface area contributed by atoms with Crippen LogP contribution in [0.15, 0.2) is 84.3 Å². The van der Waals surface area contributed by atoms with E-state index in [0.717, 1.165) is 27.9 Å². The molecule has 8 heteroatoms. The summed E-state index contributed by atoms with van der Waals surface area (Å²) in [7, 11) is 0. The van der Waals surface area contributed by atoms with Gasteiger partial charge in [-0.05, 0) is 35.4 Å². The van der Waals surface area contributed by atoms with Crippen molar-refractivity contribution >= 4 is 23.2 Å². The second kappa shape index (κ2) is 9.14. The van der Waals surface area contributed by atoms with Crippen LogP contribution in [0.3, 0.4) is 0 Å². The van der Waals surface area contributed by atoms with Gasteiger partial charge < -0.3 is 15.2 Å². The van der Waals surface area contributed by atoms with E-state index in [1.165, 1.54) is 0 Å². The highest BCUT2D eigenvalue weighted by Crippen LogP contribution is 2.46. The number of ether oxygens (including phenoxy) is 2. The van der Waals surface area contributed by atoms with Crippen LogP contribution in [-0.4, -0.2) is 10.2 Å². The predicted molar refractivity (Wildman–Crippen MR) is 131 cm³/mol. The van der Waals surface area contributed by atoms with E-state index in [1.807, 2.05) is 60.7 Å². The van der Waals surface area contributed by atoms with Gasteiger partial charge in [-0.2, -0.15) is 5.26 Å². The Balaban J connectivity index is 1.53. The Kier molecular flexibility index (Phi) is 5.89. The molecule has 1 aromatic heterocycles. The first-order chi connectivity index (χ1) is 16.5.